The summed E-state index contributed by atoms with van der Waals surface area (Å²) in [5, 5.41) is 16.9. The van der Waals surface area contributed by atoms with E-state index in [2.05, 4.69) is 21.5 Å². The molecule has 1 aliphatic heterocycles. The molecule has 120 valence electrons. The molecule has 1 aromatic heterocycles. The number of rotatable bonds is 3. The fourth-order valence-electron chi connectivity index (χ4n) is 2.74. The summed E-state index contributed by atoms with van der Waals surface area (Å²) in [6, 6.07) is 9.77. The van der Waals surface area contributed by atoms with Gasteiger partial charge in [-0.1, -0.05) is 12.1 Å². The van der Waals surface area contributed by atoms with Crippen molar-refractivity contribution in [3.8, 4) is 17.2 Å². The van der Waals surface area contributed by atoms with Crippen molar-refractivity contribution in [3.63, 3.8) is 0 Å². The van der Waals surface area contributed by atoms with Crippen molar-refractivity contribution in [2.24, 2.45) is 4.99 Å². The smallest absolute Gasteiger partial charge is 0.134 e. The Morgan fingerprint density at radius 2 is 2.25 bits per heavy atom. The third-order valence-corrected chi connectivity index (χ3v) is 3.98. The van der Waals surface area contributed by atoms with Crippen molar-refractivity contribution in [1.29, 1.82) is 5.26 Å². The number of aliphatic imine (C=N–C) groups is 1. The van der Waals surface area contributed by atoms with Crippen LogP contribution in [0.1, 0.15) is 25.1 Å². The lowest BCUT2D eigenvalue weighted by Crippen LogP contribution is -2.15. The monoisotopic (exact) mass is 317 g/mol. The van der Waals surface area contributed by atoms with Gasteiger partial charge in [-0.2, -0.15) is 10.4 Å². The van der Waals surface area contributed by atoms with Crippen LogP contribution >= 0.6 is 0 Å². The lowest BCUT2D eigenvalue weighted by Gasteiger charge is -2.07. The minimum atomic E-state index is 0.648. The molecule has 0 atom stereocenters. The molecular formula is C19H19N5. The largest absolute Gasteiger partial charge is 0.346 e. The fraction of sp³-hybridized carbons (Fsp3) is 0.211. The molecule has 2 aromatic rings. The third-order valence-electron chi connectivity index (χ3n) is 3.98. The quantitative estimate of drug-likeness (QED) is 0.942. The first-order valence-electron chi connectivity index (χ1n) is 7.90. The third kappa shape index (κ3) is 2.86. The minimum Gasteiger partial charge on any atom is -0.346 e. The van der Waals surface area contributed by atoms with E-state index in [9.17, 15) is 0 Å². The van der Waals surface area contributed by atoms with Crippen molar-refractivity contribution in [1.82, 2.24) is 15.1 Å². The van der Waals surface area contributed by atoms with Crippen LogP contribution in [0.4, 0.5) is 0 Å². The van der Waals surface area contributed by atoms with Gasteiger partial charge >= 0.3 is 0 Å². The van der Waals surface area contributed by atoms with E-state index in [0.717, 1.165) is 40.5 Å². The summed E-state index contributed by atoms with van der Waals surface area (Å²) in [5.41, 5.74) is 5.64. The van der Waals surface area contributed by atoms with Crippen LogP contribution in [-0.2, 0) is 0 Å². The molecule has 1 aliphatic rings. The molecule has 0 radical (unpaired) electrons. The van der Waals surface area contributed by atoms with Gasteiger partial charge in [0.1, 0.15) is 5.84 Å². The van der Waals surface area contributed by atoms with Crippen molar-refractivity contribution >= 4 is 11.5 Å². The summed E-state index contributed by atoms with van der Waals surface area (Å²) in [6.45, 7) is 6.75. The molecule has 2 heterocycles. The molecule has 0 aliphatic carbocycles. The normalized spacial score (nSPS) is 17.0. The van der Waals surface area contributed by atoms with Crippen molar-refractivity contribution in [3.05, 3.63) is 59.6 Å². The Morgan fingerprint density at radius 1 is 1.42 bits per heavy atom. The van der Waals surface area contributed by atoms with Crippen molar-refractivity contribution in [2.45, 2.75) is 20.8 Å². The second kappa shape index (κ2) is 6.55. The summed E-state index contributed by atoms with van der Waals surface area (Å²) >= 11 is 0. The van der Waals surface area contributed by atoms with Crippen LogP contribution in [0, 0.1) is 18.3 Å². The van der Waals surface area contributed by atoms with Crippen LogP contribution < -0.4 is 5.32 Å². The highest BCUT2D eigenvalue weighted by Gasteiger charge is 2.15. The summed E-state index contributed by atoms with van der Waals surface area (Å²) < 4.78 is 1.88. The average molecular weight is 317 g/mol. The Kier molecular flexibility index (Phi) is 4.30. The maximum atomic E-state index is 9.09. The van der Waals surface area contributed by atoms with Gasteiger partial charge in [-0.05, 0) is 44.5 Å². The number of nitriles is 1. The van der Waals surface area contributed by atoms with Crippen LogP contribution in [0.2, 0.25) is 0 Å². The van der Waals surface area contributed by atoms with Crippen molar-refractivity contribution in [2.75, 3.05) is 6.54 Å². The molecule has 1 N–H and O–H groups in total. The maximum Gasteiger partial charge on any atom is 0.134 e. The Hall–Kier alpha value is -3.13. The predicted molar refractivity (Wildman–Crippen MR) is 96.3 cm³/mol. The topological polar surface area (TPSA) is 66.0 Å². The van der Waals surface area contributed by atoms with Gasteiger partial charge in [0.05, 0.1) is 17.3 Å². The zero-order valence-corrected chi connectivity index (χ0v) is 14.0. The first-order chi connectivity index (χ1) is 11.6. The van der Waals surface area contributed by atoms with Crippen LogP contribution in [0.3, 0.4) is 0 Å². The lowest BCUT2D eigenvalue weighted by atomic mass is 10.0. The van der Waals surface area contributed by atoms with E-state index < -0.39 is 0 Å². The Balaban J connectivity index is 2.04. The molecule has 5 nitrogen and oxygen atoms in total. The zero-order chi connectivity index (χ0) is 17.1. The Bertz CT molecular complexity index is 906. The summed E-state index contributed by atoms with van der Waals surface area (Å²) in [7, 11) is 0. The molecule has 0 saturated carbocycles. The van der Waals surface area contributed by atoms with Gasteiger partial charge in [0, 0.05) is 35.8 Å². The van der Waals surface area contributed by atoms with Crippen LogP contribution in [-0.4, -0.2) is 22.2 Å². The molecule has 5 heteroatoms. The molecular weight excluding hydrogens is 298 g/mol. The van der Waals surface area contributed by atoms with Gasteiger partial charge in [-0.3, -0.25) is 4.99 Å². The van der Waals surface area contributed by atoms with Crippen LogP contribution in [0.5, 0.6) is 0 Å². The van der Waals surface area contributed by atoms with Gasteiger partial charge in [0.25, 0.3) is 0 Å². The standard InChI is InChI=1S/C19H19N5/c1-4-21-19-17(8-9-22-19)14(3)24-12-18(13(2)23-24)16-7-5-6-15(10-16)11-20/h5-10,12H,4H2,1-3H3,(H,21,22)/b17-14+. The molecule has 0 fully saturated rings. The van der Waals surface area contributed by atoms with Crippen LogP contribution in [0.15, 0.2) is 53.3 Å². The van der Waals surface area contributed by atoms with Gasteiger partial charge in [0.2, 0.25) is 0 Å². The first kappa shape index (κ1) is 15.8. The van der Waals surface area contributed by atoms with Gasteiger partial charge < -0.3 is 5.32 Å². The van der Waals surface area contributed by atoms with E-state index >= 15 is 0 Å². The first-order valence-corrected chi connectivity index (χ1v) is 7.90. The number of aryl methyl sites for hydroxylation is 1. The molecule has 0 unspecified atom stereocenters. The number of nitrogens with one attached hydrogen (secondary N) is 1. The number of allylic oxidation sites excluding steroid dienone is 1. The van der Waals surface area contributed by atoms with E-state index in [0.29, 0.717) is 5.56 Å². The molecule has 0 spiro atoms. The second-order valence-corrected chi connectivity index (χ2v) is 5.57. The number of hydrogen-bond acceptors (Lipinski definition) is 3. The maximum absolute atomic E-state index is 9.09. The number of amidine groups is 1. The van der Waals surface area contributed by atoms with Crippen LogP contribution in [0.25, 0.3) is 16.8 Å². The zero-order valence-electron chi connectivity index (χ0n) is 14.0. The molecule has 24 heavy (non-hydrogen) atoms. The highest BCUT2D eigenvalue weighted by atomic mass is 15.3. The second-order valence-electron chi connectivity index (χ2n) is 5.57. The molecule has 0 amide bonds. The molecule has 3 rings (SSSR count). The molecule has 0 bridgehead atoms. The molecule has 1 aromatic carbocycles. The van der Waals surface area contributed by atoms with E-state index in [1.807, 2.05) is 62.1 Å². The number of aromatic nitrogens is 2. The highest BCUT2D eigenvalue weighted by molar-refractivity contribution is 6.07. The average Bonchev–Trinajstić information content (AvgIpc) is 3.21. The predicted octanol–water partition coefficient (Wildman–Crippen LogP) is 3.50. The number of hydrogen-bond donors (Lipinski definition) is 1. The fourth-order valence-corrected chi connectivity index (χ4v) is 2.74. The van der Waals surface area contributed by atoms with Gasteiger partial charge in [-0.25, -0.2) is 4.68 Å². The summed E-state index contributed by atoms with van der Waals surface area (Å²) in [6.07, 6.45) is 5.90. The highest BCUT2D eigenvalue weighted by Crippen LogP contribution is 2.26. The van der Waals surface area contributed by atoms with Crippen molar-refractivity contribution < 1.29 is 0 Å². The number of benzene rings is 1. The Labute approximate surface area is 141 Å². The van der Waals surface area contributed by atoms with E-state index in [4.69, 9.17) is 5.26 Å². The van der Waals surface area contributed by atoms with Gasteiger partial charge in [0.15, 0.2) is 0 Å². The van der Waals surface area contributed by atoms with E-state index in [1.54, 1.807) is 6.07 Å². The molecule has 0 saturated heterocycles. The van der Waals surface area contributed by atoms with E-state index in [1.165, 1.54) is 0 Å². The number of nitrogens with zero attached hydrogens (tertiary/aromatic N) is 4. The van der Waals surface area contributed by atoms with Gasteiger partial charge in [-0.15, -0.1) is 0 Å². The minimum absolute atomic E-state index is 0.648. The Morgan fingerprint density at radius 3 is 3.00 bits per heavy atom. The SMILES string of the molecule is CC/N=C1/NC=C/C1=C(/C)n1cc(-c2cccc(C#N)c2)c(C)n1. The lowest BCUT2D eigenvalue weighted by molar-refractivity contribution is 0.874. The van der Waals surface area contributed by atoms with E-state index in [-0.39, 0.29) is 0 Å². The summed E-state index contributed by atoms with van der Waals surface area (Å²) in [4.78, 5) is 4.47. The summed E-state index contributed by atoms with van der Waals surface area (Å²) in [5.74, 6) is 0.871.